The van der Waals surface area contributed by atoms with E-state index in [0.29, 0.717) is 6.42 Å². The maximum absolute atomic E-state index is 11.4. The van der Waals surface area contributed by atoms with Crippen LogP contribution in [0, 0.1) is 0 Å². The van der Waals surface area contributed by atoms with Crippen molar-refractivity contribution in [2.45, 2.75) is 38.3 Å². The van der Waals surface area contributed by atoms with Gasteiger partial charge in [0.05, 0.1) is 0 Å². The summed E-state index contributed by atoms with van der Waals surface area (Å²) in [6, 6.07) is -0.712. The minimum Gasteiger partial charge on any atom is -0.478 e. The van der Waals surface area contributed by atoms with Crippen LogP contribution in [0.3, 0.4) is 0 Å². The fraction of sp³-hybridized carbons (Fsp3) is 0.667. The fourth-order valence-corrected chi connectivity index (χ4v) is 1.16. The number of aliphatic carboxylic acids is 1. The number of amides is 1. The number of carboxylic acids is 1. The zero-order valence-corrected chi connectivity index (χ0v) is 8.57. The first kappa shape index (κ1) is 11.5. The Hall–Kier alpha value is -1.59. The molecule has 6 heteroatoms. The number of esters is 1. The third-order valence-corrected chi connectivity index (χ3v) is 2.15. The Morgan fingerprint density at radius 1 is 1.53 bits per heavy atom. The lowest BCUT2D eigenvalue weighted by Gasteiger charge is -2.21. The molecular weight excluding hydrogens is 202 g/mol. The van der Waals surface area contributed by atoms with E-state index in [1.54, 1.807) is 0 Å². The highest BCUT2D eigenvalue weighted by molar-refractivity contribution is 5.89. The number of rotatable bonds is 3. The highest BCUT2D eigenvalue weighted by atomic mass is 16.6. The molecule has 1 atom stereocenters. The summed E-state index contributed by atoms with van der Waals surface area (Å²) in [5.41, 5.74) is -1.57. The van der Waals surface area contributed by atoms with Crippen molar-refractivity contribution in [1.82, 2.24) is 5.32 Å². The molecule has 0 aliphatic carbocycles. The average molecular weight is 215 g/mol. The van der Waals surface area contributed by atoms with Gasteiger partial charge in [-0.1, -0.05) is 0 Å². The maximum Gasteiger partial charge on any atom is 0.347 e. The molecule has 84 valence electrons. The summed E-state index contributed by atoms with van der Waals surface area (Å²) in [4.78, 5) is 32.9. The molecule has 0 saturated carbocycles. The third kappa shape index (κ3) is 2.68. The monoisotopic (exact) mass is 215 g/mol. The first-order valence-electron chi connectivity index (χ1n) is 4.58. The normalized spacial score (nSPS) is 20.9. The Morgan fingerprint density at radius 2 is 2.13 bits per heavy atom. The van der Waals surface area contributed by atoms with E-state index in [9.17, 15) is 14.4 Å². The second-order valence-electron chi connectivity index (χ2n) is 3.90. The zero-order chi connectivity index (χ0) is 11.6. The molecular formula is C9H13NO5. The van der Waals surface area contributed by atoms with E-state index in [4.69, 9.17) is 9.84 Å². The van der Waals surface area contributed by atoms with Gasteiger partial charge in [-0.15, -0.1) is 0 Å². The van der Waals surface area contributed by atoms with Crippen LogP contribution < -0.4 is 5.32 Å². The van der Waals surface area contributed by atoms with Crippen LogP contribution in [0.2, 0.25) is 0 Å². The van der Waals surface area contributed by atoms with Crippen molar-refractivity contribution in [1.29, 1.82) is 0 Å². The predicted octanol–water partition coefficient (Wildman–Crippen LogP) is -0.329. The lowest BCUT2D eigenvalue weighted by molar-refractivity contribution is -0.175. The van der Waals surface area contributed by atoms with Crippen molar-refractivity contribution in [2.75, 3.05) is 0 Å². The van der Waals surface area contributed by atoms with Crippen LogP contribution in [0.1, 0.15) is 26.7 Å². The smallest absolute Gasteiger partial charge is 0.347 e. The quantitative estimate of drug-likeness (QED) is 0.629. The fourth-order valence-electron chi connectivity index (χ4n) is 1.16. The van der Waals surface area contributed by atoms with Crippen LogP contribution in [0.15, 0.2) is 0 Å². The van der Waals surface area contributed by atoms with E-state index < -0.39 is 23.6 Å². The SMILES string of the molecule is CC(C)(OC(=O)C1CCC(=O)N1)C(=O)O. The van der Waals surface area contributed by atoms with Crippen LogP contribution in [0.5, 0.6) is 0 Å². The first-order chi connectivity index (χ1) is 6.83. The van der Waals surface area contributed by atoms with E-state index in [1.807, 2.05) is 0 Å². The molecule has 0 radical (unpaired) electrons. The Bertz CT molecular complexity index is 310. The van der Waals surface area contributed by atoms with Gasteiger partial charge in [0.25, 0.3) is 0 Å². The van der Waals surface area contributed by atoms with Gasteiger partial charge in [0.1, 0.15) is 6.04 Å². The van der Waals surface area contributed by atoms with Crippen molar-refractivity contribution in [3.8, 4) is 0 Å². The number of carbonyl (C=O) groups is 3. The molecule has 6 nitrogen and oxygen atoms in total. The van der Waals surface area contributed by atoms with Gasteiger partial charge in [0.15, 0.2) is 0 Å². The molecule has 0 aromatic carbocycles. The number of carbonyl (C=O) groups excluding carboxylic acids is 2. The van der Waals surface area contributed by atoms with Crippen LogP contribution in [0.25, 0.3) is 0 Å². The van der Waals surface area contributed by atoms with E-state index in [2.05, 4.69) is 5.32 Å². The van der Waals surface area contributed by atoms with Gasteiger partial charge < -0.3 is 15.2 Å². The van der Waals surface area contributed by atoms with Gasteiger partial charge in [-0.25, -0.2) is 9.59 Å². The van der Waals surface area contributed by atoms with Crippen molar-refractivity contribution in [3.05, 3.63) is 0 Å². The molecule has 15 heavy (non-hydrogen) atoms. The minimum atomic E-state index is -1.57. The second-order valence-corrected chi connectivity index (χ2v) is 3.90. The number of hydrogen-bond acceptors (Lipinski definition) is 4. The molecule has 1 fully saturated rings. The second kappa shape index (κ2) is 3.88. The minimum absolute atomic E-state index is 0.218. The highest BCUT2D eigenvalue weighted by Gasteiger charge is 2.36. The van der Waals surface area contributed by atoms with Crippen molar-refractivity contribution < 1.29 is 24.2 Å². The first-order valence-corrected chi connectivity index (χ1v) is 4.58. The van der Waals surface area contributed by atoms with Gasteiger partial charge in [0.2, 0.25) is 11.5 Å². The number of hydrogen-bond donors (Lipinski definition) is 2. The molecule has 1 aliphatic heterocycles. The van der Waals surface area contributed by atoms with E-state index >= 15 is 0 Å². The zero-order valence-electron chi connectivity index (χ0n) is 8.57. The summed E-state index contributed by atoms with van der Waals surface area (Å²) < 4.78 is 4.78. The lowest BCUT2D eigenvalue weighted by Crippen LogP contribution is -2.43. The third-order valence-electron chi connectivity index (χ3n) is 2.15. The van der Waals surface area contributed by atoms with Gasteiger partial charge in [0, 0.05) is 6.42 Å². The molecule has 1 unspecified atom stereocenters. The van der Waals surface area contributed by atoms with E-state index in [-0.39, 0.29) is 12.3 Å². The van der Waals surface area contributed by atoms with Crippen molar-refractivity contribution in [2.24, 2.45) is 0 Å². The molecule has 1 heterocycles. The van der Waals surface area contributed by atoms with Crippen LogP contribution in [-0.2, 0) is 19.1 Å². The summed E-state index contributed by atoms with van der Waals surface area (Å²) in [5.74, 6) is -2.14. The van der Waals surface area contributed by atoms with E-state index in [0.717, 1.165) is 0 Å². The van der Waals surface area contributed by atoms with Gasteiger partial charge >= 0.3 is 11.9 Å². The number of carboxylic acid groups (broad SMARTS) is 1. The molecule has 1 amide bonds. The van der Waals surface area contributed by atoms with Crippen molar-refractivity contribution in [3.63, 3.8) is 0 Å². The van der Waals surface area contributed by atoms with Gasteiger partial charge in [-0.05, 0) is 20.3 Å². The summed E-state index contributed by atoms with van der Waals surface area (Å²) in [5, 5.41) is 11.1. The van der Waals surface area contributed by atoms with E-state index in [1.165, 1.54) is 13.8 Å². The Morgan fingerprint density at radius 3 is 2.53 bits per heavy atom. The summed E-state index contributed by atoms with van der Waals surface area (Å²) in [6.07, 6.45) is 0.626. The van der Waals surface area contributed by atoms with Gasteiger partial charge in [-0.2, -0.15) is 0 Å². The van der Waals surface area contributed by atoms with Crippen LogP contribution >= 0.6 is 0 Å². The largest absolute Gasteiger partial charge is 0.478 e. The van der Waals surface area contributed by atoms with Crippen LogP contribution in [-0.4, -0.2) is 34.6 Å². The Balaban J connectivity index is 2.56. The molecule has 0 aromatic rings. The Kier molecular flexibility index (Phi) is 2.97. The molecule has 1 saturated heterocycles. The summed E-state index contributed by atoms with van der Waals surface area (Å²) in [7, 11) is 0. The summed E-state index contributed by atoms with van der Waals surface area (Å²) in [6.45, 7) is 2.56. The highest BCUT2D eigenvalue weighted by Crippen LogP contribution is 2.14. The molecule has 1 aliphatic rings. The topological polar surface area (TPSA) is 92.7 Å². The molecule has 0 aromatic heterocycles. The number of nitrogens with one attached hydrogen (secondary N) is 1. The molecule has 1 rings (SSSR count). The molecule has 2 N–H and O–H groups in total. The molecule has 0 spiro atoms. The van der Waals surface area contributed by atoms with Crippen molar-refractivity contribution >= 4 is 17.8 Å². The molecule has 0 bridgehead atoms. The maximum atomic E-state index is 11.4. The van der Waals surface area contributed by atoms with Gasteiger partial charge in [-0.3, -0.25) is 4.79 Å². The standard InChI is InChI=1S/C9H13NO5/c1-9(2,8(13)14)15-7(12)5-3-4-6(11)10-5/h5H,3-4H2,1-2H3,(H,10,11)(H,13,14). The number of ether oxygens (including phenoxy) is 1. The lowest BCUT2D eigenvalue weighted by atomic mass is 10.1. The van der Waals surface area contributed by atoms with Crippen LogP contribution in [0.4, 0.5) is 0 Å². The predicted molar refractivity (Wildman–Crippen MR) is 49.0 cm³/mol. The Labute approximate surface area is 86.6 Å². The summed E-state index contributed by atoms with van der Waals surface area (Å²) >= 11 is 0. The average Bonchev–Trinajstić information content (AvgIpc) is 2.50.